The van der Waals surface area contributed by atoms with Gasteiger partial charge in [0.25, 0.3) is 0 Å². The normalized spacial score (nSPS) is 17.9. The van der Waals surface area contributed by atoms with E-state index < -0.39 is 0 Å². The third-order valence-corrected chi connectivity index (χ3v) is 3.74. The number of H-pyrrole nitrogens is 1. The van der Waals surface area contributed by atoms with Crippen LogP contribution in [0.5, 0.6) is 5.88 Å². The molecule has 1 aliphatic heterocycles. The number of pyridine rings is 1. The van der Waals surface area contributed by atoms with Crippen molar-refractivity contribution in [1.82, 2.24) is 14.5 Å². The van der Waals surface area contributed by atoms with Crippen molar-refractivity contribution in [2.24, 2.45) is 0 Å². The van der Waals surface area contributed by atoms with Crippen LogP contribution in [0.25, 0.3) is 16.7 Å². The van der Waals surface area contributed by atoms with Gasteiger partial charge in [0.15, 0.2) is 0 Å². The summed E-state index contributed by atoms with van der Waals surface area (Å²) in [5.41, 5.74) is 2.15. The van der Waals surface area contributed by atoms with Crippen LogP contribution in [0.15, 0.2) is 47.4 Å². The Morgan fingerprint density at radius 2 is 2.18 bits per heavy atom. The summed E-state index contributed by atoms with van der Waals surface area (Å²) >= 11 is 0. The number of aromatic amines is 1. The van der Waals surface area contributed by atoms with Gasteiger partial charge in [-0.3, -0.25) is 4.57 Å². The Balaban J connectivity index is 1.67. The second kappa shape index (κ2) is 5.31. The topological polar surface area (TPSA) is 69.1 Å². The highest BCUT2D eigenvalue weighted by molar-refractivity contribution is 5.77. The number of para-hydroxylation sites is 2. The quantitative estimate of drug-likeness (QED) is 0.801. The third kappa shape index (κ3) is 2.27. The molecule has 2 aromatic heterocycles. The maximum absolute atomic E-state index is 12.1. The number of ether oxygens (including phenoxy) is 2. The summed E-state index contributed by atoms with van der Waals surface area (Å²) < 4.78 is 12.6. The standard InChI is InChI=1S/C16H15N3O3/c20-16-18-13-3-1-2-4-14(13)19(16)11-5-6-15(17-9-11)22-12-7-8-21-10-12/h1-6,9,12H,7-8,10H2,(H,18,20)/t12-/m1/s1. The molecule has 3 heterocycles. The number of fused-ring (bicyclic) bond motifs is 1. The molecular weight excluding hydrogens is 282 g/mol. The average Bonchev–Trinajstić information content (AvgIpc) is 3.15. The molecule has 1 aromatic carbocycles. The fourth-order valence-electron chi connectivity index (χ4n) is 2.66. The smallest absolute Gasteiger partial charge is 0.331 e. The van der Waals surface area contributed by atoms with Crippen LogP contribution in [0.1, 0.15) is 6.42 Å². The summed E-state index contributed by atoms with van der Waals surface area (Å²) in [5, 5.41) is 0. The number of hydrogen-bond acceptors (Lipinski definition) is 4. The van der Waals surface area contributed by atoms with Gasteiger partial charge in [0.2, 0.25) is 5.88 Å². The van der Waals surface area contributed by atoms with E-state index in [-0.39, 0.29) is 11.8 Å². The summed E-state index contributed by atoms with van der Waals surface area (Å²) in [7, 11) is 0. The Hall–Kier alpha value is -2.60. The molecule has 1 N–H and O–H groups in total. The lowest BCUT2D eigenvalue weighted by Gasteiger charge is -2.11. The first kappa shape index (κ1) is 13.1. The summed E-state index contributed by atoms with van der Waals surface area (Å²) in [4.78, 5) is 19.3. The van der Waals surface area contributed by atoms with Crippen molar-refractivity contribution < 1.29 is 9.47 Å². The van der Waals surface area contributed by atoms with Crippen LogP contribution < -0.4 is 10.4 Å². The molecule has 0 amide bonds. The number of aromatic nitrogens is 3. The monoisotopic (exact) mass is 297 g/mol. The molecule has 1 fully saturated rings. The van der Waals surface area contributed by atoms with Gasteiger partial charge < -0.3 is 14.5 Å². The van der Waals surface area contributed by atoms with Gasteiger partial charge in [0.1, 0.15) is 6.10 Å². The first-order valence-corrected chi connectivity index (χ1v) is 7.22. The highest BCUT2D eigenvalue weighted by Gasteiger charge is 2.17. The average molecular weight is 297 g/mol. The summed E-state index contributed by atoms with van der Waals surface area (Å²) in [6, 6.07) is 11.2. The molecule has 0 aliphatic carbocycles. The van der Waals surface area contributed by atoms with Crippen LogP contribution >= 0.6 is 0 Å². The highest BCUT2D eigenvalue weighted by atomic mass is 16.5. The lowest BCUT2D eigenvalue weighted by Crippen LogP contribution is -2.17. The lowest BCUT2D eigenvalue weighted by molar-refractivity contribution is 0.138. The van der Waals surface area contributed by atoms with Crippen molar-refractivity contribution >= 4 is 11.0 Å². The van der Waals surface area contributed by atoms with Crippen LogP contribution in [-0.4, -0.2) is 33.9 Å². The number of imidazole rings is 1. The van der Waals surface area contributed by atoms with Gasteiger partial charge in [-0.2, -0.15) is 0 Å². The first-order valence-electron chi connectivity index (χ1n) is 7.22. The van der Waals surface area contributed by atoms with E-state index in [1.807, 2.05) is 30.3 Å². The third-order valence-electron chi connectivity index (χ3n) is 3.74. The van der Waals surface area contributed by atoms with Crippen LogP contribution in [0.4, 0.5) is 0 Å². The van der Waals surface area contributed by atoms with E-state index in [0.29, 0.717) is 18.2 Å². The van der Waals surface area contributed by atoms with E-state index >= 15 is 0 Å². The molecular formula is C16H15N3O3. The molecule has 1 saturated heterocycles. The van der Waals surface area contributed by atoms with E-state index in [2.05, 4.69) is 9.97 Å². The van der Waals surface area contributed by atoms with Gasteiger partial charge in [0.05, 0.1) is 36.1 Å². The van der Waals surface area contributed by atoms with Gasteiger partial charge in [-0.05, 0) is 18.2 Å². The van der Waals surface area contributed by atoms with Gasteiger partial charge >= 0.3 is 5.69 Å². The Bertz CT molecular complexity index is 845. The molecule has 112 valence electrons. The van der Waals surface area contributed by atoms with E-state index in [9.17, 15) is 4.79 Å². The molecule has 0 bridgehead atoms. The SMILES string of the molecule is O=c1[nH]c2ccccc2n1-c1ccc(O[C@@H]2CCOC2)nc1. The molecule has 3 aromatic rings. The minimum absolute atomic E-state index is 0.0640. The predicted molar refractivity (Wildman–Crippen MR) is 81.5 cm³/mol. The molecule has 4 rings (SSSR count). The van der Waals surface area contributed by atoms with Crippen molar-refractivity contribution in [2.75, 3.05) is 13.2 Å². The maximum atomic E-state index is 12.1. The van der Waals surface area contributed by atoms with Gasteiger partial charge in [-0.25, -0.2) is 9.78 Å². The Morgan fingerprint density at radius 3 is 2.95 bits per heavy atom. The first-order chi connectivity index (χ1) is 10.8. The molecule has 0 saturated carbocycles. The molecule has 1 aliphatic rings. The Labute approximate surface area is 126 Å². The number of benzene rings is 1. The minimum atomic E-state index is -0.180. The molecule has 1 atom stereocenters. The second-order valence-corrected chi connectivity index (χ2v) is 5.24. The van der Waals surface area contributed by atoms with E-state index in [1.54, 1.807) is 16.8 Å². The molecule has 0 unspecified atom stereocenters. The van der Waals surface area contributed by atoms with E-state index in [1.165, 1.54) is 0 Å². The fourth-order valence-corrected chi connectivity index (χ4v) is 2.66. The fraction of sp³-hybridized carbons (Fsp3) is 0.250. The van der Waals surface area contributed by atoms with Gasteiger partial charge in [0, 0.05) is 12.5 Å². The van der Waals surface area contributed by atoms with Crippen LogP contribution in [0.2, 0.25) is 0 Å². The molecule has 22 heavy (non-hydrogen) atoms. The van der Waals surface area contributed by atoms with E-state index in [4.69, 9.17) is 9.47 Å². The van der Waals surface area contributed by atoms with Crippen LogP contribution in [0, 0.1) is 0 Å². The lowest BCUT2D eigenvalue weighted by atomic mass is 10.3. The summed E-state index contributed by atoms with van der Waals surface area (Å²) in [5.74, 6) is 0.548. The van der Waals surface area contributed by atoms with Crippen molar-refractivity contribution in [3.63, 3.8) is 0 Å². The second-order valence-electron chi connectivity index (χ2n) is 5.24. The number of hydrogen-bond donors (Lipinski definition) is 1. The molecule has 6 nitrogen and oxygen atoms in total. The Kier molecular flexibility index (Phi) is 3.16. The Morgan fingerprint density at radius 1 is 1.27 bits per heavy atom. The molecule has 6 heteroatoms. The van der Waals surface area contributed by atoms with Crippen molar-refractivity contribution in [3.05, 3.63) is 53.1 Å². The molecule has 0 radical (unpaired) electrons. The number of nitrogens with one attached hydrogen (secondary N) is 1. The predicted octanol–water partition coefficient (Wildman–Crippen LogP) is 1.88. The highest BCUT2D eigenvalue weighted by Crippen LogP contribution is 2.18. The van der Waals surface area contributed by atoms with Gasteiger partial charge in [-0.1, -0.05) is 12.1 Å². The summed E-state index contributed by atoms with van der Waals surface area (Å²) in [6.45, 7) is 1.33. The zero-order valence-corrected chi connectivity index (χ0v) is 11.9. The molecule has 0 spiro atoms. The largest absolute Gasteiger partial charge is 0.472 e. The summed E-state index contributed by atoms with van der Waals surface area (Å²) in [6.07, 6.45) is 2.59. The van der Waals surface area contributed by atoms with Crippen molar-refractivity contribution in [2.45, 2.75) is 12.5 Å². The van der Waals surface area contributed by atoms with E-state index in [0.717, 1.165) is 24.1 Å². The van der Waals surface area contributed by atoms with Crippen molar-refractivity contribution in [3.8, 4) is 11.6 Å². The van der Waals surface area contributed by atoms with Gasteiger partial charge in [-0.15, -0.1) is 0 Å². The zero-order valence-electron chi connectivity index (χ0n) is 11.9. The number of rotatable bonds is 3. The maximum Gasteiger partial charge on any atom is 0.331 e. The van der Waals surface area contributed by atoms with Crippen molar-refractivity contribution in [1.29, 1.82) is 0 Å². The van der Waals surface area contributed by atoms with Crippen LogP contribution in [0.3, 0.4) is 0 Å². The number of nitrogens with zero attached hydrogens (tertiary/aromatic N) is 2. The minimum Gasteiger partial charge on any atom is -0.472 e. The van der Waals surface area contributed by atoms with Crippen LogP contribution in [-0.2, 0) is 4.74 Å². The zero-order chi connectivity index (χ0) is 14.9.